The molecule has 192 valence electrons. The minimum Gasteiger partial charge on any atom is -0.352 e. The summed E-state index contributed by atoms with van der Waals surface area (Å²) >= 11 is 18.8. The minimum absolute atomic E-state index is 0.0725. The first-order valence-electron chi connectivity index (χ1n) is 11.1. The number of rotatable bonds is 11. The minimum atomic E-state index is -3.85. The predicted octanol–water partition coefficient (Wildman–Crippen LogP) is 5.13. The standard InChI is InChI=1S/C24H30Cl3N3O4S/c1-5-16(3)28-24(32)22(6-2)29(14-19-20(26)11-8-12-21(19)27)23(31)15-30(35(4,33)34)18-10-7-9-17(25)13-18/h7-13,16,22H,5-6,14-15H2,1-4H3,(H,28,32)/t16-,22+/m1/s1. The lowest BCUT2D eigenvalue weighted by atomic mass is 10.1. The van der Waals surface area contributed by atoms with Gasteiger partial charge in [0.1, 0.15) is 12.6 Å². The van der Waals surface area contributed by atoms with Gasteiger partial charge in [-0.3, -0.25) is 13.9 Å². The summed E-state index contributed by atoms with van der Waals surface area (Å²) in [6.07, 6.45) is 2.01. The first kappa shape index (κ1) is 29.2. The molecule has 2 aromatic carbocycles. The number of hydrogen-bond acceptors (Lipinski definition) is 4. The van der Waals surface area contributed by atoms with E-state index in [1.807, 2.05) is 13.8 Å². The Kier molecular flexibility index (Phi) is 10.7. The summed E-state index contributed by atoms with van der Waals surface area (Å²) in [5, 5.41) is 3.90. The number of carbonyl (C=O) groups excluding carboxylic acids is 2. The van der Waals surface area contributed by atoms with Crippen LogP contribution in [-0.2, 0) is 26.2 Å². The van der Waals surface area contributed by atoms with E-state index in [1.54, 1.807) is 43.3 Å². The van der Waals surface area contributed by atoms with Crippen molar-refractivity contribution >= 4 is 62.3 Å². The second-order valence-electron chi connectivity index (χ2n) is 8.21. The maximum Gasteiger partial charge on any atom is 0.244 e. The highest BCUT2D eigenvalue weighted by atomic mass is 35.5. The summed E-state index contributed by atoms with van der Waals surface area (Å²) in [4.78, 5) is 28.1. The summed E-state index contributed by atoms with van der Waals surface area (Å²) in [5.74, 6) is -0.926. The molecule has 2 rings (SSSR count). The molecule has 0 unspecified atom stereocenters. The molecular weight excluding hydrogens is 533 g/mol. The number of sulfonamides is 1. The van der Waals surface area contributed by atoms with Gasteiger partial charge < -0.3 is 10.2 Å². The third-order valence-corrected chi connectivity index (χ3v) is 7.64. The Morgan fingerprint density at radius 2 is 1.60 bits per heavy atom. The lowest BCUT2D eigenvalue weighted by Crippen LogP contribution is -2.53. The van der Waals surface area contributed by atoms with Crippen LogP contribution in [0.2, 0.25) is 15.1 Å². The molecule has 0 fully saturated rings. The molecule has 0 bridgehead atoms. The molecule has 0 aliphatic rings. The zero-order valence-electron chi connectivity index (χ0n) is 20.1. The fourth-order valence-corrected chi connectivity index (χ4v) is 5.00. The van der Waals surface area contributed by atoms with E-state index in [9.17, 15) is 18.0 Å². The summed E-state index contributed by atoms with van der Waals surface area (Å²) in [7, 11) is -3.85. The molecule has 11 heteroatoms. The van der Waals surface area contributed by atoms with Gasteiger partial charge in [-0.05, 0) is 50.1 Å². The highest BCUT2D eigenvalue weighted by Crippen LogP contribution is 2.28. The van der Waals surface area contributed by atoms with Gasteiger partial charge in [0.05, 0.1) is 11.9 Å². The summed E-state index contributed by atoms with van der Waals surface area (Å²) in [6, 6.07) is 10.2. The molecule has 0 spiro atoms. The Labute approximate surface area is 222 Å². The van der Waals surface area contributed by atoms with Crippen LogP contribution in [0.1, 0.15) is 39.2 Å². The number of carbonyl (C=O) groups is 2. The highest BCUT2D eigenvalue weighted by Gasteiger charge is 2.33. The topological polar surface area (TPSA) is 86.8 Å². The predicted molar refractivity (Wildman–Crippen MR) is 143 cm³/mol. The first-order valence-corrected chi connectivity index (χ1v) is 14.1. The molecule has 0 aromatic heterocycles. The van der Waals surface area contributed by atoms with Crippen LogP contribution < -0.4 is 9.62 Å². The van der Waals surface area contributed by atoms with Crippen molar-refractivity contribution in [3.8, 4) is 0 Å². The fourth-order valence-electron chi connectivity index (χ4n) is 3.46. The lowest BCUT2D eigenvalue weighted by molar-refractivity contribution is -0.140. The van der Waals surface area contributed by atoms with Crippen molar-refractivity contribution in [1.29, 1.82) is 0 Å². The Hall–Kier alpha value is -2.00. The maximum atomic E-state index is 13.7. The molecule has 35 heavy (non-hydrogen) atoms. The molecular formula is C24H30Cl3N3O4S. The fraction of sp³-hybridized carbons (Fsp3) is 0.417. The number of halogens is 3. The van der Waals surface area contributed by atoms with E-state index in [1.165, 1.54) is 11.0 Å². The van der Waals surface area contributed by atoms with Crippen LogP contribution in [0, 0.1) is 0 Å². The van der Waals surface area contributed by atoms with Crippen LogP contribution in [0.5, 0.6) is 0 Å². The van der Waals surface area contributed by atoms with Crippen molar-refractivity contribution in [3.63, 3.8) is 0 Å². The van der Waals surface area contributed by atoms with E-state index in [2.05, 4.69) is 5.32 Å². The van der Waals surface area contributed by atoms with E-state index in [0.29, 0.717) is 33.5 Å². The van der Waals surface area contributed by atoms with E-state index in [-0.39, 0.29) is 24.2 Å². The van der Waals surface area contributed by atoms with Crippen LogP contribution >= 0.6 is 34.8 Å². The summed E-state index contributed by atoms with van der Waals surface area (Å²) in [5.41, 5.74) is 0.703. The molecule has 0 aliphatic heterocycles. The molecule has 7 nitrogen and oxygen atoms in total. The molecule has 2 amide bonds. The molecule has 0 saturated heterocycles. The number of anilines is 1. The number of nitrogens with one attached hydrogen (secondary N) is 1. The number of benzene rings is 2. The van der Waals surface area contributed by atoms with Gasteiger partial charge in [-0.2, -0.15) is 0 Å². The zero-order valence-corrected chi connectivity index (χ0v) is 23.2. The van der Waals surface area contributed by atoms with E-state index < -0.39 is 28.5 Å². The van der Waals surface area contributed by atoms with Crippen molar-refractivity contribution < 1.29 is 18.0 Å². The van der Waals surface area contributed by atoms with Crippen molar-refractivity contribution in [1.82, 2.24) is 10.2 Å². The Morgan fingerprint density at radius 3 is 2.11 bits per heavy atom. The van der Waals surface area contributed by atoms with Crippen LogP contribution in [0.15, 0.2) is 42.5 Å². The second kappa shape index (κ2) is 12.8. The van der Waals surface area contributed by atoms with Gasteiger partial charge in [0.15, 0.2) is 0 Å². The van der Waals surface area contributed by atoms with Crippen LogP contribution in [0.25, 0.3) is 0 Å². The Bertz CT molecular complexity index is 1140. The number of amides is 2. The van der Waals surface area contributed by atoms with E-state index >= 15 is 0 Å². The van der Waals surface area contributed by atoms with Crippen LogP contribution in [-0.4, -0.2) is 50.0 Å². The van der Waals surface area contributed by atoms with Crippen molar-refractivity contribution in [2.75, 3.05) is 17.1 Å². The molecule has 2 aromatic rings. The van der Waals surface area contributed by atoms with E-state index in [0.717, 1.165) is 10.6 Å². The number of nitrogens with zero attached hydrogens (tertiary/aromatic N) is 2. The van der Waals surface area contributed by atoms with Crippen molar-refractivity contribution in [3.05, 3.63) is 63.1 Å². The lowest BCUT2D eigenvalue weighted by Gasteiger charge is -2.33. The van der Waals surface area contributed by atoms with Crippen LogP contribution in [0.3, 0.4) is 0 Å². The second-order valence-corrected chi connectivity index (χ2v) is 11.4. The summed E-state index contributed by atoms with van der Waals surface area (Å²) < 4.78 is 26.2. The normalized spacial score (nSPS) is 13.1. The van der Waals surface area contributed by atoms with Gasteiger partial charge in [0.2, 0.25) is 21.8 Å². The third-order valence-electron chi connectivity index (χ3n) is 5.55. The monoisotopic (exact) mass is 561 g/mol. The van der Waals surface area contributed by atoms with Gasteiger partial charge >= 0.3 is 0 Å². The Balaban J connectivity index is 2.50. The molecule has 1 N–H and O–H groups in total. The highest BCUT2D eigenvalue weighted by molar-refractivity contribution is 7.92. The van der Waals surface area contributed by atoms with Crippen molar-refractivity contribution in [2.24, 2.45) is 0 Å². The summed E-state index contributed by atoms with van der Waals surface area (Å²) in [6.45, 7) is 4.98. The molecule has 0 saturated carbocycles. The average Bonchev–Trinajstić information content (AvgIpc) is 2.78. The molecule has 0 aliphatic carbocycles. The molecule has 2 atom stereocenters. The van der Waals surface area contributed by atoms with E-state index in [4.69, 9.17) is 34.8 Å². The van der Waals surface area contributed by atoms with Gasteiger partial charge in [0.25, 0.3) is 0 Å². The average molecular weight is 563 g/mol. The van der Waals surface area contributed by atoms with Gasteiger partial charge in [-0.1, -0.05) is 60.8 Å². The SMILES string of the molecule is CC[C@@H](C)NC(=O)[C@H](CC)N(Cc1c(Cl)cccc1Cl)C(=O)CN(c1cccc(Cl)c1)S(C)(=O)=O. The zero-order chi connectivity index (χ0) is 26.3. The molecule has 0 heterocycles. The van der Waals surface area contributed by atoms with Crippen LogP contribution in [0.4, 0.5) is 5.69 Å². The third kappa shape index (κ3) is 8.00. The number of hydrogen-bond donors (Lipinski definition) is 1. The van der Waals surface area contributed by atoms with Gasteiger partial charge in [-0.15, -0.1) is 0 Å². The largest absolute Gasteiger partial charge is 0.352 e. The van der Waals surface area contributed by atoms with Crippen molar-refractivity contribution in [2.45, 2.75) is 52.2 Å². The maximum absolute atomic E-state index is 13.7. The Morgan fingerprint density at radius 1 is 1.00 bits per heavy atom. The smallest absolute Gasteiger partial charge is 0.244 e. The van der Waals surface area contributed by atoms with Gasteiger partial charge in [-0.25, -0.2) is 8.42 Å². The molecule has 0 radical (unpaired) electrons. The van der Waals surface area contributed by atoms with Gasteiger partial charge in [0, 0.05) is 33.2 Å². The quantitative estimate of drug-likeness (QED) is 0.411. The first-order chi connectivity index (χ1) is 16.4.